The van der Waals surface area contributed by atoms with E-state index in [-0.39, 0.29) is 11.1 Å². The van der Waals surface area contributed by atoms with Crippen LogP contribution in [0.2, 0.25) is 0 Å². The van der Waals surface area contributed by atoms with Crippen molar-refractivity contribution in [3.8, 4) is 6.07 Å². The van der Waals surface area contributed by atoms with Gasteiger partial charge in [-0.3, -0.25) is 4.79 Å². The molecule has 1 rings (SSSR count). The molecule has 1 N–H and O–H groups in total. The third-order valence-corrected chi connectivity index (χ3v) is 3.48. The first-order chi connectivity index (χ1) is 9.77. The number of hydrogen-bond acceptors (Lipinski definition) is 3. The molecule has 0 saturated heterocycles. The number of nitrogens with one attached hydrogen (secondary N) is 1. The van der Waals surface area contributed by atoms with E-state index >= 15 is 0 Å². The molecule has 5 heteroatoms. The summed E-state index contributed by atoms with van der Waals surface area (Å²) in [5.41, 5.74) is 0.604. The van der Waals surface area contributed by atoms with E-state index in [2.05, 4.69) is 21.2 Å². The molecule has 1 aromatic rings. The standard InChI is InChI=1S/C16H20BrN3O/c1-5-20(16(2,3)4)11-12(10-18)15(21)19-14-8-6-13(17)7-9-14/h6-9,11H,5H2,1-4H3,(H,19,21)/b12-11-. The molecule has 1 aromatic carbocycles. The molecule has 0 spiro atoms. The van der Waals surface area contributed by atoms with Crippen LogP contribution < -0.4 is 5.32 Å². The van der Waals surface area contributed by atoms with Crippen LogP contribution in [0.15, 0.2) is 40.5 Å². The van der Waals surface area contributed by atoms with Crippen molar-refractivity contribution in [2.45, 2.75) is 33.2 Å². The van der Waals surface area contributed by atoms with Crippen molar-refractivity contribution in [1.29, 1.82) is 5.26 Å². The summed E-state index contributed by atoms with van der Waals surface area (Å²) in [6.07, 6.45) is 1.62. The Morgan fingerprint density at radius 2 is 1.95 bits per heavy atom. The van der Waals surface area contributed by atoms with Crippen LogP contribution in [0.4, 0.5) is 5.69 Å². The fourth-order valence-electron chi connectivity index (χ4n) is 1.79. The molecule has 0 radical (unpaired) electrons. The number of halogens is 1. The van der Waals surface area contributed by atoms with E-state index in [1.54, 1.807) is 18.3 Å². The normalized spacial score (nSPS) is 11.7. The van der Waals surface area contributed by atoms with E-state index < -0.39 is 5.91 Å². The first-order valence-electron chi connectivity index (χ1n) is 6.73. The van der Waals surface area contributed by atoms with Crippen molar-refractivity contribution >= 4 is 27.5 Å². The van der Waals surface area contributed by atoms with E-state index in [1.165, 1.54) is 0 Å². The highest BCUT2D eigenvalue weighted by atomic mass is 79.9. The molecule has 112 valence electrons. The van der Waals surface area contributed by atoms with E-state index in [0.717, 1.165) is 11.0 Å². The molecule has 0 aromatic heterocycles. The Kier molecular flexibility index (Phi) is 5.98. The number of carbonyl (C=O) groups is 1. The first kappa shape index (κ1) is 17.3. The molecule has 0 saturated carbocycles. The van der Waals surface area contributed by atoms with Crippen LogP contribution in [-0.2, 0) is 4.79 Å². The fourth-order valence-corrected chi connectivity index (χ4v) is 2.05. The quantitative estimate of drug-likeness (QED) is 0.662. The molecule has 0 heterocycles. The maximum atomic E-state index is 12.2. The van der Waals surface area contributed by atoms with Gasteiger partial charge in [-0.25, -0.2) is 0 Å². The summed E-state index contributed by atoms with van der Waals surface area (Å²) in [7, 11) is 0. The molecule has 0 unspecified atom stereocenters. The molecule has 1 amide bonds. The van der Waals surface area contributed by atoms with Crippen molar-refractivity contribution in [2.24, 2.45) is 0 Å². The average Bonchev–Trinajstić information content (AvgIpc) is 2.41. The number of amides is 1. The second kappa shape index (κ2) is 7.28. The largest absolute Gasteiger partial charge is 0.372 e. The Bertz CT molecular complexity index is 565. The maximum Gasteiger partial charge on any atom is 0.267 e. The zero-order valence-corrected chi connectivity index (χ0v) is 14.4. The number of nitrogens with zero attached hydrogens (tertiary/aromatic N) is 2. The van der Waals surface area contributed by atoms with E-state index in [4.69, 9.17) is 0 Å². The summed E-state index contributed by atoms with van der Waals surface area (Å²) >= 11 is 3.34. The van der Waals surface area contributed by atoms with E-state index in [0.29, 0.717) is 5.69 Å². The summed E-state index contributed by atoms with van der Waals surface area (Å²) in [6.45, 7) is 8.82. The van der Waals surface area contributed by atoms with Gasteiger partial charge in [-0.05, 0) is 52.0 Å². The van der Waals surface area contributed by atoms with Crippen LogP contribution in [0.3, 0.4) is 0 Å². The molecule has 0 bridgehead atoms. The average molecular weight is 350 g/mol. The van der Waals surface area contributed by atoms with Gasteiger partial charge in [0.15, 0.2) is 0 Å². The van der Waals surface area contributed by atoms with Gasteiger partial charge >= 0.3 is 0 Å². The lowest BCUT2D eigenvalue weighted by Crippen LogP contribution is -2.37. The predicted molar refractivity (Wildman–Crippen MR) is 88.6 cm³/mol. The summed E-state index contributed by atoms with van der Waals surface area (Å²) in [6, 6.07) is 9.19. The van der Waals surface area contributed by atoms with Crippen LogP contribution >= 0.6 is 15.9 Å². The maximum absolute atomic E-state index is 12.2. The molecular formula is C16H20BrN3O. The van der Waals surface area contributed by atoms with Crippen molar-refractivity contribution in [3.05, 3.63) is 40.5 Å². The first-order valence-corrected chi connectivity index (χ1v) is 7.52. The Hall–Kier alpha value is -1.80. The van der Waals surface area contributed by atoms with Gasteiger partial charge < -0.3 is 10.2 Å². The van der Waals surface area contributed by atoms with Crippen molar-refractivity contribution < 1.29 is 4.79 Å². The highest BCUT2D eigenvalue weighted by Crippen LogP contribution is 2.17. The second-order valence-electron chi connectivity index (χ2n) is 5.57. The zero-order valence-electron chi connectivity index (χ0n) is 12.8. The van der Waals surface area contributed by atoms with Crippen molar-refractivity contribution in [1.82, 2.24) is 4.90 Å². The van der Waals surface area contributed by atoms with Crippen LogP contribution in [0.25, 0.3) is 0 Å². The highest BCUT2D eigenvalue weighted by Gasteiger charge is 2.19. The minimum absolute atomic E-state index is 0.0923. The molecular weight excluding hydrogens is 330 g/mol. The Labute approximate surface area is 134 Å². The Morgan fingerprint density at radius 1 is 1.38 bits per heavy atom. The monoisotopic (exact) mass is 349 g/mol. The smallest absolute Gasteiger partial charge is 0.267 e. The summed E-state index contributed by atoms with van der Waals surface area (Å²) in [5.74, 6) is -0.400. The van der Waals surface area contributed by atoms with Gasteiger partial charge in [0.25, 0.3) is 5.91 Å². The van der Waals surface area contributed by atoms with Gasteiger partial charge in [0.05, 0.1) is 0 Å². The number of benzene rings is 1. The number of hydrogen-bond donors (Lipinski definition) is 1. The van der Waals surface area contributed by atoms with Gasteiger partial charge in [0.1, 0.15) is 11.6 Å². The molecule has 0 aliphatic carbocycles. The number of carbonyl (C=O) groups excluding carboxylic acids is 1. The van der Waals surface area contributed by atoms with Crippen LogP contribution in [0.1, 0.15) is 27.7 Å². The topological polar surface area (TPSA) is 56.1 Å². The third kappa shape index (κ3) is 5.24. The summed E-state index contributed by atoms with van der Waals surface area (Å²) in [4.78, 5) is 14.1. The molecule has 0 aliphatic rings. The minimum Gasteiger partial charge on any atom is -0.372 e. The van der Waals surface area contributed by atoms with E-state index in [1.807, 2.05) is 50.8 Å². The second-order valence-corrected chi connectivity index (χ2v) is 6.49. The lowest BCUT2D eigenvalue weighted by molar-refractivity contribution is -0.112. The van der Waals surface area contributed by atoms with Gasteiger partial charge in [-0.2, -0.15) is 5.26 Å². The van der Waals surface area contributed by atoms with Gasteiger partial charge in [0.2, 0.25) is 0 Å². The molecule has 0 fully saturated rings. The van der Waals surface area contributed by atoms with Crippen LogP contribution in [-0.4, -0.2) is 22.9 Å². The molecule has 0 atom stereocenters. The fraction of sp³-hybridized carbons (Fsp3) is 0.375. The summed E-state index contributed by atoms with van der Waals surface area (Å²) in [5, 5.41) is 11.9. The predicted octanol–water partition coefficient (Wildman–Crippen LogP) is 3.92. The third-order valence-electron chi connectivity index (χ3n) is 2.95. The van der Waals surface area contributed by atoms with Gasteiger partial charge in [-0.1, -0.05) is 15.9 Å². The molecule has 21 heavy (non-hydrogen) atoms. The van der Waals surface area contributed by atoms with Crippen molar-refractivity contribution in [2.75, 3.05) is 11.9 Å². The van der Waals surface area contributed by atoms with Gasteiger partial charge in [0, 0.05) is 28.4 Å². The summed E-state index contributed by atoms with van der Waals surface area (Å²) < 4.78 is 0.932. The lowest BCUT2D eigenvalue weighted by atomic mass is 10.1. The van der Waals surface area contributed by atoms with E-state index in [9.17, 15) is 10.1 Å². The zero-order chi connectivity index (χ0) is 16.0. The number of rotatable bonds is 4. The number of nitriles is 1. The molecule has 4 nitrogen and oxygen atoms in total. The van der Waals surface area contributed by atoms with Gasteiger partial charge in [-0.15, -0.1) is 0 Å². The van der Waals surface area contributed by atoms with Crippen LogP contribution in [0, 0.1) is 11.3 Å². The number of anilines is 1. The highest BCUT2D eigenvalue weighted by molar-refractivity contribution is 9.10. The Balaban J connectivity index is 2.91. The minimum atomic E-state index is -0.400. The van der Waals surface area contributed by atoms with Crippen LogP contribution in [0.5, 0.6) is 0 Å². The Morgan fingerprint density at radius 3 is 2.38 bits per heavy atom. The molecule has 0 aliphatic heterocycles. The van der Waals surface area contributed by atoms with Crippen molar-refractivity contribution in [3.63, 3.8) is 0 Å². The lowest BCUT2D eigenvalue weighted by Gasteiger charge is -2.33. The SMILES string of the molecule is CCN(/C=C(/C#N)C(=O)Nc1ccc(Br)cc1)C(C)(C)C.